The van der Waals surface area contributed by atoms with Crippen molar-refractivity contribution >= 4 is 17.5 Å². The molecule has 0 bridgehead atoms. The molecule has 1 unspecified atom stereocenters. The van der Waals surface area contributed by atoms with Gasteiger partial charge in [-0.2, -0.15) is 0 Å². The summed E-state index contributed by atoms with van der Waals surface area (Å²) in [6, 6.07) is 3.30. The summed E-state index contributed by atoms with van der Waals surface area (Å²) in [6.07, 6.45) is 3.06. The molecule has 1 fully saturated rings. The number of hydrogen-bond acceptors (Lipinski definition) is 4. The number of carbonyl (C=O) groups excluding carboxylic acids is 1. The molecule has 134 valence electrons. The van der Waals surface area contributed by atoms with Gasteiger partial charge in [-0.25, -0.2) is 0 Å². The lowest BCUT2D eigenvalue weighted by molar-refractivity contribution is 0.0897. The molecule has 0 radical (unpaired) electrons. The highest BCUT2D eigenvalue weighted by Crippen LogP contribution is 2.40. The fourth-order valence-corrected chi connectivity index (χ4v) is 2.94. The van der Waals surface area contributed by atoms with Crippen molar-refractivity contribution in [3.63, 3.8) is 0 Å². The van der Waals surface area contributed by atoms with Crippen LogP contribution < -0.4 is 20.5 Å². The summed E-state index contributed by atoms with van der Waals surface area (Å²) in [5.74, 6) is 1.23. The van der Waals surface area contributed by atoms with Crippen LogP contribution in [0.5, 0.6) is 11.5 Å². The third kappa shape index (κ3) is 4.33. The summed E-state index contributed by atoms with van der Waals surface area (Å²) in [7, 11) is 0. The molecule has 0 aliphatic heterocycles. The maximum absolute atomic E-state index is 12.7. The molecule has 0 spiro atoms. The molecule has 2 rings (SSSR count). The largest absolute Gasteiger partial charge is 0.490 e. The predicted octanol–water partition coefficient (Wildman–Crippen LogP) is 3.38. The smallest absolute Gasteiger partial charge is 0.251 e. The van der Waals surface area contributed by atoms with Gasteiger partial charge in [-0.15, -0.1) is 0 Å². The molecule has 5 nitrogen and oxygen atoms in total. The molecular formula is C18H27ClN2O3. The van der Waals surface area contributed by atoms with Gasteiger partial charge in [0.25, 0.3) is 5.91 Å². The molecule has 1 amide bonds. The van der Waals surface area contributed by atoms with E-state index in [1.807, 2.05) is 20.8 Å². The zero-order valence-corrected chi connectivity index (χ0v) is 15.4. The number of nitrogens with two attached hydrogens (primary N) is 1. The molecule has 6 heteroatoms. The molecule has 24 heavy (non-hydrogen) atoms. The van der Waals surface area contributed by atoms with Crippen molar-refractivity contribution in [1.82, 2.24) is 5.32 Å². The average molecular weight is 355 g/mol. The number of halogens is 1. The summed E-state index contributed by atoms with van der Waals surface area (Å²) in [4.78, 5) is 12.7. The second kappa shape index (κ2) is 8.08. The fourth-order valence-electron chi connectivity index (χ4n) is 2.68. The second-order valence-electron chi connectivity index (χ2n) is 6.42. The second-order valence-corrected chi connectivity index (χ2v) is 6.82. The van der Waals surface area contributed by atoms with Gasteiger partial charge in [0.15, 0.2) is 11.5 Å². The Morgan fingerprint density at radius 1 is 1.38 bits per heavy atom. The van der Waals surface area contributed by atoms with Gasteiger partial charge in [-0.3, -0.25) is 4.79 Å². The topological polar surface area (TPSA) is 73.6 Å². The minimum Gasteiger partial charge on any atom is -0.490 e. The quantitative estimate of drug-likeness (QED) is 0.713. The first kappa shape index (κ1) is 18.9. The number of hydrogen-bond donors (Lipinski definition) is 2. The molecule has 3 N–H and O–H groups in total. The third-order valence-corrected chi connectivity index (χ3v) is 4.60. The van der Waals surface area contributed by atoms with E-state index >= 15 is 0 Å². The average Bonchev–Trinajstić information content (AvgIpc) is 3.39. The van der Waals surface area contributed by atoms with Crippen molar-refractivity contribution in [2.75, 3.05) is 19.8 Å². The van der Waals surface area contributed by atoms with E-state index in [1.165, 1.54) is 0 Å². The Labute approximate surface area is 148 Å². The molecule has 0 heterocycles. The van der Waals surface area contributed by atoms with Crippen molar-refractivity contribution in [2.45, 2.75) is 45.6 Å². The van der Waals surface area contributed by atoms with Crippen LogP contribution in [0.15, 0.2) is 12.1 Å². The van der Waals surface area contributed by atoms with Crippen LogP contribution in [0.2, 0.25) is 5.02 Å². The summed E-state index contributed by atoms with van der Waals surface area (Å²) >= 11 is 6.32. The summed E-state index contributed by atoms with van der Waals surface area (Å²) in [5.41, 5.74) is 5.94. The number of carbonyl (C=O) groups is 1. The molecule has 0 saturated heterocycles. The molecule has 1 aromatic rings. The van der Waals surface area contributed by atoms with Crippen LogP contribution in [-0.2, 0) is 0 Å². The first-order valence-corrected chi connectivity index (χ1v) is 8.94. The van der Waals surface area contributed by atoms with Crippen LogP contribution in [-0.4, -0.2) is 31.2 Å². The zero-order chi connectivity index (χ0) is 17.7. The molecule has 1 aromatic carbocycles. The molecule has 0 aromatic heterocycles. The Balaban J connectivity index is 2.24. The Hall–Kier alpha value is -1.46. The Morgan fingerprint density at radius 2 is 2.08 bits per heavy atom. The third-order valence-electron chi connectivity index (χ3n) is 4.32. The van der Waals surface area contributed by atoms with Gasteiger partial charge in [0.1, 0.15) is 0 Å². The Morgan fingerprint density at radius 3 is 2.62 bits per heavy atom. The van der Waals surface area contributed by atoms with Crippen molar-refractivity contribution in [3.05, 3.63) is 22.7 Å². The Bertz CT molecular complexity index is 590. The van der Waals surface area contributed by atoms with Crippen molar-refractivity contribution in [2.24, 2.45) is 11.7 Å². The molecular weight excluding hydrogens is 328 g/mol. The SMILES string of the molecule is CCCOc1c(Cl)cc(C(=O)NC(C)(CN)C2CC2)cc1OCC. The monoisotopic (exact) mass is 354 g/mol. The zero-order valence-electron chi connectivity index (χ0n) is 14.7. The maximum Gasteiger partial charge on any atom is 0.251 e. The highest BCUT2D eigenvalue weighted by molar-refractivity contribution is 6.32. The molecule has 1 saturated carbocycles. The highest BCUT2D eigenvalue weighted by atomic mass is 35.5. The van der Waals surface area contributed by atoms with E-state index in [0.717, 1.165) is 19.3 Å². The number of nitrogens with one attached hydrogen (secondary N) is 1. The van der Waals surface area contributed by atoms with E-state index < -0.39 is 0 Å². The van der Waals surface area contributed by atoms with E-state index in [0.29, 0.717) is 47.8 Å². The number of benzene rings is 1. The molecule has 1 aliphatic rings. The number of rotatable bonds is 9. The van der Waals surface area contributed by atoms with E-state index in [4.69, 9.17) is 26.8 Å². The fraction of sp³-hybridized carbons (Fsp3) is 0.611. The number of ether oxygens (including phenoxy) is 2. The van der Waals surface area contributed by atoms with E-state index in [2.05, 4.69) is 5.32 Å². The molecule has 1 atom stereocenters. The van der Waals surface area contributed by atoms with Gasteiger partial charge in [0.05, 0.1) is 23.8 Å². The summed E-state index contributed by atoms with van der Waals surface area (Å²) in [5, 5.41) is 3.44. The Kier molecular flexibility index (Phi) is 6.35. The summed E-state index contributed by atoms with van der Waals surface area (Å²) in [6.45, 7) is 7.30. The minimum absolute atomic E-state index is 0.195. The molecule has 1 aliphatic carbocycles. The lowest BCUT2D eigenvalue weighted by Gasteiger charge is -2.29. The van der Waals surface area contributed by atoms with Crippen LogP contribution in [0.3, 0.4) is 0 Å². The van der Waals surface area contributed by atoms with Gasteiger partial charge in [-0.1, -0.05) is 18.5 Å². The van der Waals surface area contributed by atoms with E-state index in [1.54, 1.807) is 12.1 Å². The van der Waals surface area contributed by atoms with Crippen molar-refractivity contribution in [3.8, 4) is 11.5 Å². The van der Waals surface area contributed by atoms with Crippen LogP contribution in [0.4, 0.5) is 0 Å². The lowest BCUT2D eigenvalue weighted by Crippen LogP contribution is -2.53. The van der Waals surface area contributed by atoms with Crippen LogP contribution >= 0.6 is 11.6 Å². The minimum atomic E-state index is -0.382. The van der Waals surface area contributed by atoms with Crippen molar-refractivity contribution in [1.29, 1.82) is 0 Å². The van der Waals surface area contributed by atoms with Crippen molar-refractivity contribution < 1.29 is 14.3 Å². The maximum atomic E-state index is 12.7. The van der Waals surface area contributed by atoms with Gasteiger partial charge < -0.3 is 20.5 Å². The highest BCUT2D eigenvalue weighted by Gasteiger charge is 2.41. The van der Waals surface area contributed by atoms with Gasteiger partial charge in [0, 0.05) is 12.1 Å². The predicted molar refractivity (Wildman–Crippen MR) is 96.1 cm³/mol. The van der Waals surface area contributed by atoms with Gasteiger partial charge in [-0.05, 0) is 51.2 Å². The first-order chi connectivity index (χ1) is 11.4. The number of amides is 1. The normalized spacial score (nSPS) is 16.4. The van der Waals surface area contributed by atoms with Crippen LogP contribution in [0, 0.1) is 5.92 Å². The van der Waals surface area contributed by atoms with Gasteiger partial charge >= 0.3 is 0 Å². The van der Waals surface area contributed by atoms with E-state index in [-0.39, 0.29) is 11.4 Å². The standard InChI is InChI=1S/C18H27ClN2O3/c1-4-8-24-16-14(19)9-12(10-15(16)23-5-2)17(22)21-18(3,11-20)13-6-7-13/h9-10,13H,4-8,11,20H2,1-3H3,(H,21,22). The van der Waals surface area contributed by atoms with Gasteiger partial charge in [0.2, 0.25) is 0 Å². The summed E-state index contributed by atoms with van der Waals surface area (Å²) < 4.78 is 11.3. The van der Waals surface area contributed by atoms with Crippen LogP contribution in [0.1, 0.15) is 50.4 Å². The van der Waals surface area contributed by atoms with E-state index in [9.17, 15) is 4.79 Å². The van der Waals surface area contributed by atoms with Crippen LogP contribution in [0.25, 0.3) is 0 Å². The lowest BCUT2D eigenvalue weighted by atomic mass is 9.95. The first-order valence-electron chi connectivity index (χ1n) is 8.56.